The average Bonchev–Trinajstić information content (AvgIpc) is 2.88. The van der Waals surface area contributed by atoms with Gasteiger partial charge >= 0.3 is 5.97 Å². The highest BCUT2D eigenvalue weighted by molar-refractivity contribution is 6.30. The SMILES string of the molecule is C[C@@H]1CN(C(=O)C2CC(=O)N(C)C2c2cccc(Cl)c2)CC(C(=O)O)O1. The van der Waals surface area contributed by atoms with Crippen molar-refractivity contribution in [2.45, 2.75) is 31.6 Å². The summed E-state index contributed by atoms with van der Waals surface area (Å²) in [6, 6.07) is 6.69. The van der Waals surface area contributed by atoms with E-state index in [4.69, 9.17) is 16.3 Å². The second-order valence-electron chi connectivity index (χ2n) is 6.83. The molecule has 2 fully saturated rings. The molecule has 2 aliphatic rings. The first kappa shape index (κ1) is 18.7. The van der Waals surface area contributed by atoms with Gasteiger partial charge in [-0.15, -0.1) is 0 Å². The van der Waals surface area contributed by atoms with E-state index in [1.807, 2.05) is 6.07 Å². The normalized spacial score (nSPS) is 29.1. The lowest BCUT2D eigenvalue weighted by molar-refractivity contribution is -0.168. The van der Waals surface area contributed by atoms with E-state index in [9.17, 15) is 19.5 Å². The Bertz CT molecular complexity index is 740. The van der Waals surface area contributed by atoms with Gasteiger partial charge in [-0.1, -0.05) is 23.7 Å². The number of carbonyl (C=O) groups excluding carboxylic acids is 2. The van der Waals surface area contributed by atoms with E-state index in [0.29, 0.717) is 11.6 Å². The van der Waals surface area contributed by atoms with Crippen molar-refractivity contribution in [1.29, 1.82) is 0 Å². The molecular formula is C18H21ClN2O5. The number of aliphatic carboxylic acids is 1. The number of nitrogens with zero attached hydrogens (tertiary/aromatic N) is 2. The Hall–Kier alpha value is -2.12. The quantitative estimate of drug-likeness (QED) is 0.859. The minimum atomic E-state index is -1.10. The molecule has 4 atom stereocenters. The van der Waals surface area contributed by atoms with Crippen molar-refractivity contribution in [3.8, 4) is 0 Å². The highest BCUT2D eigenvalue weighted by Gasteiger charge is 2.46. The van der Waals surface area contributed by atoms with Crippen molar-refractivity contribution in [2.24, 2.45) is 5.92 Å². The highest BCUT2D eigenvalue weighted by atomic mass is 35.5. The number of carbonyl (C=O) groups is 3. The van der Waals surface area contributed by atoms with Crippen LogP contribution in [0.4, 0.5) is 0 Å². The number of ether oxygens (including phenoxy) is 1. The largest absolute Gasteiger partial charge is 0.479 e. The summed E-state index contributed by atoms with van der Waals surface area (Å²) >= 11 is 6.08. The predicted molar refractivity (Wildman–Crippen MR) is 93.6 cm³/mol. The molecule has 1 N–H and O–H groups in total. The fourth-order valence-electron chi connectivity index (χ4n) is 3.74. The molecule has 0 aromatic heterocycles. The Kier molecular flexibility index (Phi) is 5.20. The van der Waals surface area contributed by atoms with Crippen molar-refractivity contribution in [2.75, 3.05) is 20.1 Å². The number of carboxylic acid groups (broad SMARTS) is 1. The van der Waals surface area contributed by atoms with E-state index >= 15 is 0 Å². The van der Waals surface area contributed by atoms with Crippen LogP contribution in [0.25, 0.3) is 0 Å². The topological polar surface area (TPSA) is 87.2 Å². The summed E-state index contributed by atoms with van der Waals surface area (Å²) < 4.78 is 5.37. The number of morpholine rings is 1. The lowest BCUT2D eigenvalue weighted by atomic mass is 9.92. The molecule has 2 heterocycles. The summed E-state index contributed by atoms with van der Waals surface area (Å²) in [7, 11) is 1.67. The summed E-state index contributed by atoms with van der Waals surface area (Å²) in [5, 5.41) is 9.76. The fourth-order valence-corrected chi connectivity index (χ4v) is 3.94. The number of hydrogen-bond donors (Lipinski definition) is 1. The Morgan fingerprint density at radius 2 is 2.04 bits per heavy atom. The van der Waals surface area contributed by atoms with Gasteiger partial charge in [-0.25, -0.2) is 4.79 Å². The summed E-state index contributed by atoms with van der Waals surface area (Å²) in [4.78, 5) is 39.8. The number of benzene rings is 1. The zero-order valence-corrected chi connectivity index (χ0v) is 15.3. The smallest absolute Gasteiger partial charge is 0.334 e. The molecule has 2 aliphatic heterocycles. The number of halogens is 1. The first-order valence-corrected chi connectivity index (χ1v) is 8.84. The summed E-state index contributed by atoms with van der Waals surface area (Å²) in [5.74, 6) is -2.02. The number of hydrogen-bond acceptors (Lipinski definition) is 4. The number of likely N-dealkylation sites (tertiary alicyclic amines) is 1. The first-order chi connectivity index (χ1) is 12.3. The van der Waals surface area contributed by atoms with Gasteiger partial charge in [-0.2, -0.15) is 0 Å². The van der Waals surface area contributed by atoms with Crippen LogP contribution in [0.15, 0.2) is 24.3 Å². The van der Waals surface area contributed by atoms with Gasteiger partial charge < -0.3 is 19.6 Å². The highest BCUT2D eigenvalue weighted by Crippen LogP contribution is 2.39. The third-order valence-corrected chi connectivity index (χ3v) is 5.18. The lowest BCUT2D eigenvalue weighted by Crippen LogP contribution is -2.53. The number of amides is 2. The lowest BCUT2D eigenvalue weighted by Gasteiger charge is -2.37. The standard InChI is InChI=1S/C18H21ClN2O5/c1-10-8-21(9-14(26-10)18(24)25)17(23)13-7-15(22)20(2)16(13)11-4-3-5-12(19)6-11/h3-6,10,13-14,16H,7-9H2,1-2H3,(H,24,25)/t10-,13?,14?,16?/m1/s1. The molecule has 2 amide bonds. The van der Waals surface area contributed by atoms with Gasteiger partial charge in [0.25, 0.3) is 0 Å². The molecule has 26 heavy (non-hydrogen) atoms. The zero-order chi connectivity index (χ0) is 19.0. The molecule has 7 nitrogen and oxygen atoms in total. The van der Waals surface area contributed by atoms with Crippen LogP contribution in [0, 0.1) is 5.92 Å². The molecule has 2 saturated heterocycles. The minimum Gasteiger partial charge on any atom is -0.479 e. The van der Waals surface area contributed by atoms with Crippen molar-refractivity contribution in [3.63, 3.8) is 0 Å². The van der Waals surface area contributed by atoms with E-state index in [1.54, 1.807) is 37.1 Å². The maximum atomic E-state index is 13.1. The molecule has 3 unspecified atom stereocenters. The Morgan fingerprint density at radius 1 is 1.31 bits per heavy atom. The van der Waals surface area contributed by atoms with Crippen LogP contribution in [0.5, 0.6) is 0 Å². The molecule has 0 spiro atoms. The predicted octanol–water partition coefficient (Wildman–Crippen LogP) is 1.56. The van der Waals surface area contributed by atoms with Gasteiger partial charge in [-0.3, -0.25) is 9.59 Å². The van der Waals surface area contributed by atoms with E-state index in [2.05, 4.69) is 0 Å². The van der Waals surface area contributed by atoms with E-state index < -0.39 is 24.0 Å². The van der Waals surface area contributed by atoms with Crippen LogP contribution in [0.3, 0.4) is 0 Å². The monoisotopic (exact) mass is 380 g/mol. The third-order valence-electron chi connectivity index (χ3n) is 4.94. The zero-order valence-electron chi connectivity index (χ0n) is 14.6. The van der Waals surface area contributed by atoms with Crippen LogP contribution in [-0.2, 0) is 19.1 Å². The van der Waals surface area contributed by atoms with Crippen LogP contribution >= 0.6 is 11.6 Å². The molecule has 1 aromatic rings. The third kappa shape index (κ3) is 3.54. The molecule has 0 bridgehead atoms. The second kappa shape index (κ2) is 7.25. The van der Waals surface area contributed by atoms with Crippen LogP contribution in [0.2, 0.25) is 5.02 Å². The number of rotatable bonds is 3. The summed E-state index contributed by atoms with van der Waals surface area (Å²) in [6.07, 6.45) is -1.34. The second-order valence-corrected chi connectivity index (χ2v) is 7.27. The molecule has 0 saturated carbocycles. The first-order valence-electron chi connectivity index (χ1n) is 8.46. The van der Waals surface area contributed by atoms with Gasteiger partial charge in [0.1, 0.15) is 0 Å². The maximum absolute atomic E-state index is 13.1. The molecule has 0 aliphatic carbocycles. The fraction of sp³-hybridized carbons (Fsp3) is 0.500. The Balaban J connectivity index is 1.87. The van der Waals surface area contributed by atoms with Gasteiger partial charge in [0.05, 0.1) is 24.6 Å². The summed E-state index contributed by atoms with van der Waals surface area (Å²) in [5.41, 5.74) is 0.792. The maximum Gasteiger partial charge on any atom is 0.334 e. The van der Waals surface area contributed by atoms with Crippen molar-refractivity contribution in [3.05, 3.63) is 34.9 Å². The Morgan fingerprint density at radius 3 is 2.69 bits per heavy atom. The minimum absolute atomic E-state index is 0.0187. The molecule has 8 heteroatoms. The van der Waals surface area contributed by atoms with Gasteiger partial charge in [0, 0.05) is 25.0 Å². The number of carboxylic acids is 1. The van der Waals surface area contributed by atoms with E-state index in [-0.39, 0.29) is 30.9 Å². The van der Waals surface area contributed by atoms with Crippen LogP contribution in [0.1, 0.15) is 24.9 Å². The van der Waals surface area contributed by atoms with Gasteiger partial charge in [0.15, 0.2) is 6.10 Å². The molecule has 0 radical (unpaired) electrons. The molecular weight excluding hydrogens is 360 g/mol. The van der Waals surface area contributed by atoms with Crippen LogP contribution in [-0.4, -0.2) is 65.0 Å². The van der Waals surface area contributed by atoms with E-state index in [0.717, 1.165) is 5.56 Å². The van der Waals surface area contributed by atoms with Crippen LogP contribution < -0.4 is 0 Å². The van der Waals surface area contributed by atoms with Gasteiger partial charge in [-0.05, 0) is 24.6 Å². The van der Waals surface area contributed by atoms with E-state index in [1.165, 1.54) is 4.90 Å². The summed E-state index contributed by atoms with van der Waals surface area (Å²) in [6.45, 7) is 2.02. The molecule has 140 valence electrons. The Labute approximate surface area is 156 Å². The van der Waals surface area contributed by atoms with Crippen molar-refractivity contribution in [1.82, 2.24) is 9.80 Å². The average molecular weight is 381 g/mol. The van der Waals surface area contributed by atoms with Crippen molar-refractivity contribution < 1.29 is 24.2 Å². The molecule has 1 aromatic carbocycles. The van der Waals surface area contributed by atoms with Gasteiger partial charge in [0.2, 0.25) is 11.8 Å². The van der Waals surface area contributed by atoms with Crippen molar-refractivity contribution >= 4 is 29.4 Å². The molecule has 3 rings (SSSR count).